The van der Waals surface area contributed by atoms with Crippen LogP contribution in [0.3, 0.4) is 0 Å². The predicted molar refractivity (Wildman–Crippen MR) is 71.1 cm³/mol. The average molecular weight is 300 g/mol. The molecular weight excluding hydrogens is 282 g/mol. The van der Waals surface area contributed by atoms with Gasteiger partial charge in [0.15, 0.2) is 0 Å². The van der Waals surface area contributed by atoms with Crippen LogP contribution in [-0.2, 0) is 4.74 Å². The maximum absolute atomic E-state index is 5.80. The van der Waals surface area contributed by atoms with Crippen molar-refractivity contribution in [1.29, 1.82) is 0 Å². The number of halogens is 1. The maximum atomic E-state index is 5.80. The molecule has 0 spiro atoms. The fraction of sp³-hybridized carbons (Fsp3) is 0.538. The van der Waals surface area contributed by atoms with Gasteiger partial charge in [-0.3, -0.25) is 0 Å². The van der Waals surface area contributed by atoms with E-state index in [1.165, 1.54) is 0 Å². The zero-order chi connectivity index (χ0) is 12.1. The van der Waals surface area contributed by atoms with Crippen LogP contribution in [0.2, 0.25) is 0 Å². The third-order valence-electron chi connectivity index (χ3n) is 3.21. The summed E-state index contributed by atoms with van der Waals surface area (Å²) in [6.07, 6.45) is 1.10. The lowest BCUT2D eigenvalue weighted by Gasteiger charge is -2.20. The zero-order valence-corrected chi connectivity index (χ0v) is 11.4. The zero-order valence-electron chi connectivity index (χ0n) is 9.77. The highest BCUT2D eigenvalue weighted by Gasteiger charge is 2.25. The van der Waals surface area contributed by atoms with Crippen molar-refractivity contribution in [3.63, 3.8) is 0 Å². The monoisotopic (exact) mass is 299 g/mol. The summed E-state index contributed by atoms with van der Waals surface area (Å²) in [5, 5.41) is 0. The lowest BCUT2D eigenvalue weighted by Crippen LogP contribution is -2.29. The minimum Gasteiger partial charge on any atom is -0.493 e. The second-order valence-electron chi connectivity index (χ2n) is 4.38. The fourth-order valence-corrected chi connectivity index (χ4v) is 2.32. The molecule has 94 valence electrons. The van der Waals surface area contributed by atoms with Crippen LogP contribution >= 0.6 is 15.9 Å². The summed E-state index contributed by atoms with van der Waals surface area (Å²) in [7, 11) is 0. The third-order valence-corrected chi connectivity index (χ3v) is 3.74. The van der Waals surface area contributed by atoms with Gasteiger partial charge in [-0.1, -0.05) is 15.9 Å². The normalized spacial score (nSPS) is 21.4. The van der Waals surface area contributed by atoms with Gasteiger partial charge in [0.05, 0.1) is 6.61 Å². The van der Waals surface area contributed by atoms with E-state index < -0.39 is 0 Å². The van der Waals surface area contributed by atoms with Gasteiger partial charge < -0.3 is 15.2 Å². The topological polar surface area (TPSA) is 44.5 Å². The van der Waals surface area contributed by atoms with Gasteiger partial charge in [-0.15, -0.1) is 0 Å². The molecule has 2 unspecified atom stereocenters. The summed E-state index contributed by atoms with van der Waals surface area (Å²) < 4.78 is 12.2. The van der Waals surface area contributed by atoms with Crippen LogP contribution in [-0.4, -0.2) is 26.4 Å². The first-order chi connectivity index (χ1) is 8.29. The van der Waals surface area contributed by atoms with Gasteiger partial charge in [0.25, 0.3) is 0 Å². The van der Waals surface area contributed by atoms with Gasteiger partial charge in [-0.25, -0.2) is 0 Å². The van der Waals surface area contributed by atoms with E-state index in [1.807, 2.05) is 24.3 Å². The van der Waals surface area contributed by atoms with E-state index in [2.05, 4.69) is 15.9 Å². The number of ether oxygens (including phenoxy) is 2. The van der Waals surface area contributed by atoms with Crippen molar-refractivity contribution in [3.05, 3.63) is 28.7 Å². The number of rotatable bonds is 5. The predicted octanol–water partition coefficient (Wildman–Crippen LogP) is 2.44. The number of hydrogen-bond acceptors (Lipinski definition) is 3. The number of nitrogens with two attached hydrogens (primary N) is 1. The Morgan fingerprint density at radius 1 is 1.41 bits per heavy atom. The molecule has 0 saturated carbocycles. The van der Waals surface area contributed by atoms with E-state index in [1.54, 1.807) is 0 Å². The second kappa shape index (κ2) is 6.38. The van der Waals surface area contributed by atoms with Gasteiger partial charge in [0, 0.05) is 23.6 Å². The Bertz CT molecular complexity index is 336. The molecule has 1 fully saturated rings. The van der Waals surface area contributed by atoms with Crippen molar-refractivity contribution >= 4 is 15.9 Å². The van der Waals surface area contributed by atoms with E-state index in [-0.39, 0.29) is 0 Å². The van der Waals surface area contributed by atoms with Crippen LogP contribution in [0, 0.1) is 11.8 Å². The smallest absolute Gasteiger partial charge is 0.119 e. The fourth-order valence-electron chi connectivity index (χ4n) is 2.06. The van der Waals surface area contributed by atoms with Crippen LogP contribution < -0.4 is 10.5 Å². The van der Waals surface area contributed by atoms with E-state index in [0.717, 1.165) is 29.9 Å². The Labute approximate surface area is 110 Å². The van der Waals surface area contributed by atoms with Gasteiger partial charge in [0.1, 0.15) is 5.75 Å². The Morgan fingerprint density at radius 2 is 2.18 bits per heavy atom. The average Bonchev–Trinajstić information content (AvgIpc) is 2.86. The molecule has 4 heteroatoms. The molecule has 2 atom stereocenters. The largest absolute Gasteiger partial charge is 0.493 e. The molecule has 1 saturated heterocycles. The SMILES string of the molecule is NCC(COc1ccc(Br)cc1)C1CCOC1. The first-order valence-electron chi connectivity index (χ1n) is 5.96. The van der Waals surface area contributed by atoms with Crippen LogP contribution in [0.5, 0.6) is 5.75 Å². The van der Waals surface area contributed by atoms with E-state index in [4.69, 9.17) is 15.2 Å². The molecule has 1 aliphatic rings. The summed E-state index contributed by atoms with van der Waals surface area (Å²) in [5.41, 5.74) is 5.80. The first-order valence-corrected chi connectivity index (χ1v) is 6.75. The quantitative estimate of drug-likeness (QED) is 0.908. The highest BCUT2D eigenvalue weighted by atomic mass is 79.9. The summed E-state index contributed by atoms with van der Waals surface area (Å²) in [5.74, 6) is 1.84. The van der Waals surface area contributed by atoms with Crippen molar-refractivity contribution < 1.29 is 9.47 Å². The number of hydrogen-bond donors (Lipinski definition) is 1. The van der Waals surface area contributed by atoms with Crippen molar-refractivity contribution in [2.45, 2.75) is 6.42 Å². The van der Waals surface area contributed by atoms with Gasteiger partial charge >= 0.3 is 0 Å². The molecule has 0 aliphatic carbocycles. The lowest BCUT2D eigenvalue weighted by atomic mass is 9.92. The lowest BCUT2D eigenvalue weighted by molar-refractivity contribution is 0.150. The Balaban J connectivity index is 1.84. The Kier molecular flexibility index (Phi) is 4.83. The van der Waals surface area contributed by atoms with E-state index >= 15 is 0 Å². The van der Waals surface area contributed by atoms with Crippen LogP contribution in [0.25, 0.3) is 0 Å². The minimum absolute atomic E-state index is 0.390. The summed E-state index contributed by atoms with van der Waals surface area (Å²) in [4.78, 5) is 0. The molecular formula is C13H18BrNO2. The molecule has 1 aromatic rings. The molecule has 1 aliphatic heterocycles. The molecule has 0 bridgehead atoms. The highest BCUT2D eigenvalue weighted by Crippen LogP contribution is 2.23. The van der Waals surface area contributed by atoms with Crippen molar-refractivity contribution in [1.82, 2.24) is 0 Å². The molecule has 0 radical (unpaired) electrons. The van der Waals surface area contributed by atoms with E-state index in [9.17, 15) is 0 Å². The molecule has 1 aromatic carbocycles. The first kappa shape index (κ1) is 12.9. The molecule has 0 amide bonds. The van der Waals surface area contributed by atoms with Crippen molar-refractivity contribution in [2.75, 3.05) is 26.4 Å². The molecule has 3 nitrogen and oxygen atoms in total. The van der Waals surface area contributed by atoms with Gasteiger partial charge in [-0.2, -0.15) is 0 Å². The van der Waals surface area contributed by atoms with Crippen LogP contribution in [0.1, 0.15) is 6.42 Å². The molecule has 1 heterocycles. The molecule has 17 heavy (non-hydrogen) atoms. The summed E-state index contributed by atoms with van der Waals surface area (Å²) >= 11 is 3.40. The van der Waals surface area contributed by atoms with E-state index in [0.29, 0.717) is 25.0 Å². The van der Waals surface area contributed by atoms with Gasteiger partial charge in [-0.05, 0) is 43.1 Å². The van der Waals surface area contributed by atoms with Gasteiger partial charge in [0.2, 0.25) is 0 Å². The van der Waals surface area contributed by atoms with Crippen LogP contribution in [0.15, 0.2) is 28.7 Å². The standard InChI is InChI=1S/C13H18BrNO2/c14-12-1-3-13(4-2-12)17-9-11(7-15)10-5-6-16-8-10/h1-4,10-11H,5-9,15H2. The highest BCUT2D eigenvalue weighted by molar-refractivity contribution is 9.10. The van der Waals surface area contributed by atoms with Crippen molar-refractivity contribution in [3.8, 4) is 5.75 Å². The van der Waals surface area contributed by atoms with Crippen molar-refractivity contribution in [2.24, 2.45) is 17.6 Å². The molecule has 2 N–H and O–H groups in total. The molecule has 0 aromatic heterocycles. The number of benzene rings is 1. The molecule has 2 rings (SSSR count). The minimum atomic E-state index is 0.390. The Hall–Kier alpha value is -0.580. The third kappa shape index (κ3) is 3.69. The van der Waals surface area contributed by atoms with Crippen LogP contribution in [0.4, 0.5) is 0 Å². The summed E-state index contributed by atoms with van der Waals surface area (Å²) in [6, 6.07) is 7.88. The second-order valence-corrected chi connectivity index (χ2v) is 5.30. The maximum Gasteiger partial charge on any atom is 0.119 e. The summed E-state index contributed by atoms with van der Waals surface area (Å²) in [6.45, 7) is 3.02. The Morgan fingerprint density at radius 3 is 2.76 bits per heavy atom.